The summed E-state index contributed by atoms with van der Waals surface area (Å²) in [6.07, 6.45) is 0. The molecule has 0 bridgehead atoms. The number of halogens is 2. The van der Waals surface area contributed by atoms with Crippen molar-refractivity contribution in [2.24, 2.45) is 0 Å². The van der Waals surface area contributed by atoms with E-state index in [0.29, 0.717) is 21.4 Å². The number of aryl methyl sites for hydroxylation is 2. The van der Waals surface area contributed by atoms with Crippen LogP contribution in [0.1, 0.15) is 21.6 Å². The Kier molecular flexibility index (Phi) is 4.60. The molecule has 4 nitrogen and oxygen atoms in total. The van der Waals surface area contributed by atoms with Crippen LogP contribution < -0.4 is 5.32 Å². The van der Waals surface area contributed by atoms with Crippen molar-refractivity contribution in [3.8, 4) is 11.3 Å². The average Bonchev–Trinajstić information content (AvgIpc) is 3.03. The number of aromatic nitrogens is 2. The smallest absolute Gasteiger partial charge is 0.273 e. The van der Waals surface area contributed by atoms with Gasteiger partial charge in [-0.25, -0.2) is 0 Å². The molecule has 0 unspecified atom stereocenters. The molecule has 122 valence electrons. The minimum atomic E-state index is -0.244. The Hall–Kier alpha value is -2.30. The summed E-state index contributed by atoms with van der Waals surface area (Å²) in [5.74, 6) is -0.244. The zero-order valence-corrected chi connectivity index (χ0v) is 14.7. The SMILES string of the molecule is Cc1cccc(C)c1NC(=O)c1cc(-c2ccc(Cl)c(Cl)c2)n[nH]1. The largest absolute Gasteiger partial charge is 0.320 e. The molecule has 1 heterocycles. The highest BCUT2D eigenvalue weighted by Crippen LogP contribution is 2.28. The molecular weight excluding hydrogens is 345 g/mol. The first-order valence-corrected chi connectivity index (χ1v) is 8.09. The Bertz CT molecular complexity index is 898. The van der Waals surface area contributed by atoms with Gasteiger partial charge in [-0.2, -0.15) is 5.10 Å². The van der Waals surface area contributed by atoms with Gasteiger partial charge in [0.15, 0.2) is 0 Å². The van der Waals surface area contributed by atoms with Gasteiger partial charge in [0, 0.05) is 11.3 Å². The zero-order chi connectivity index (χ0) is 17.3. The van der Waals surface area contributed by atoms with E-state index < -0.39 is 0 Å². The molecule has 0 aliphatic heterocycles. The number of amides is 1. The summed E-state index contributed by atoms with van der Waals surface area (Å²) in [6, 6.07) is 12.8. The van der Waals surface area contributed by atoms with Crippen LogP contribution in [0.5, 0.6) is 0 Å². The molecule has 0 atom stereocenters. The summed E-state index contributed by atoms with van der Waals surface area (Å²) in [4.78, 5) is 12.5. The number of anilines is 1. The second-order valence-electron chi connectivity index (χ2n) is 5.52. The molecule has 2 N–H and O–H groups in total. The van der Waals surface area contributed by atoms with Crippen molar-refractivity contribution in [2.45, 2.75) is 13.8 Å². The van der Waals surface area contributed by atoms with Crippen LogP contribution in [0.4, 0.5) is 5.69 Å². The maximum atomic E-state index is 12.5. The number of nitrogens with zero attached hydrogens (tertiary/aromatic N) is 1. The number of rotatable bonds is 3. The Labute approximate surface area is 149 Å². The predicted octanol–water partition coefficient (Wildman–Crippen LogP) is 5.25. The molecule has 3 aromatic rings. The standard InChI is InChI=1S/C18H15Cl2N3O/c1-10-4-3-5-11(2)17(10)21-18(24)16-9-15(22-23-16)12-6-7-13(19)14(20)8-12/h3-9H,1-2H3,(H,21,24)(H,22,23). The maximum absolute atomic E-state index is 12.5. The van der Waals surface area contributed by atoms with E-state index in [4.69, 9.17) is 23.2 Å². The molecule has 1 aromatic heterocycles. The molecule has 24 heavy (non-hydrogen) atoms. The third-order valence-electron chi connectivity index (χ3n) is 3.76. The molecule has 0 saturated carbocycles. The van der Waals surface area contributed by atoms with E-state index in [0.717, 1.165) is 22.4 Å². The van der Waals surface area contributed by atoms with Crippen LogP contribution in [-0.4, -0.2) is 16.1 Å². The molecule has 0 aliphatic carbocycles. The summed E-state index contributed by atoms with van der Waals surface area (Å²) in [6.45, 7) is 3.91. The van der Waals surface area contributed by atoms with Crippen LogP contribution in [0, 0.1) is 13.8 Å². The van der Waals surface area contributed by atoms with Gasteiger partial charge >= 0.3 is 0 Å². The van der Waals surface area contributed by atoms with E-state index in [2.05, 4.69) is 15.5 Å². The van der Waals surface area contributed by atoms with Gasteiger partial charge in [-0.15, -0.1) is 0 Å². The number of hydrogen-bond donors (Lipinski definition) is 2. The van der Waals surface area contributed by atoms with Crippen molar-refractivity contribution in [2.75, 3.05) is 5.32 Å². The number of nitrogens with one attached hydrogen (secondary N) is 2. The molecule has 6 heteroatoms. The summed E-state index contributed by atoms with van der Waals surface area (Å²) in [5, 5.41) is 10.8. The van der Waals surface area contributed by atoms with E-state index in [9.17, 15) is 4.79 Å². The van der Waals surface area contributed by atoms with Crippen LogP contribution in [0.2, 0.25) is 10.0 Å². The maximum Gasteiger partial charge on any atom is 0.273 e. The summed E-state index contributed by atoms with van der Waals surface area (Å²) in [7, 11) is 0. The molecule has 0 aliphatic rings. The zero-order valence-electron chi connectivity index (χ0n) is 13.2. The second-order valence-corrected chi connectivity index (χ2v) is 6.33. The summed E-state index contributed by atoms with van der Waals surface area (Å²) < 4.78 is 0. The summed E-state index contributed by atoms with van der Waals surface area (Å²) >= 11 is 11.9. The fourth-order valence-corrected chi connectivity index (χ4v) is 2.73. The van der Waals surface area contributed by atoms with Gasteiger partial charge in [0.05, 0.1) is 15.7 Å². The van der Waals surface area contributed by atoms with Crippen molar-refractivity contribution in [1.82, 2.24) is 10.2 Å². The van der Waals surface area contributed by atoms with E-state index in [-0.39, 0.29) is 5.91 Å². The van der Waals surface area contributed by atoms with Crippen LogP contribution in [0.3, 0.4) is 0 Å². The lowest BCUT2D eigenvalue weighted by molar-refractivity contribution is 0.102. The topological polar surface area (TPSA) is 57.8 Å². The fourth-order valence-electron chi connectivity index (χ4n) is 2.43. The Morgan fingerprint density at radius 3 is 2.42 bits per heavy atom. The minimum Gasteiger partial charge on any atom is -0.320 e. The Morgan fingerprint density at radius 2 is 1.75 bits per heavy atom. The van der Waals surface area contributed by atoms with Gasteiger partial charge in [0.2, 0.25) is 0 Å². The summed E-state index contributed by atoms with van der Waals surface area (Å²) in [5.41, 5.74) is 4.61. The van der Waals surface area contributed by atoms with Crippen molar-refractivity contribution >= 4 is 34.8 Å². The van der Waals surface area contributed by atoms with Gasteiger partial charge in [0.25, 0.3) is 5.91 Å². The monoisotopic (exact) mass is 359 g/mol. The molecule has 0 fully saturated rings. The predicted molar refractivity (Wildman–Crippen MR) is 97.9 cm³/mol. The molecule has 0 radical (unpaired) electrons. The van der Waals surface area contributed by atoms with Crippen molar-refractivity contribution in [3.63, 3.8) is 0 Å². The molecular formula is C18H15Cl2N3O. The lowest BCUT2D eigenvalue weighted by Gasteiger charge is -2.10. The molecule has 0 saturated heterocycles. The van der Waals surface area contributed by atoms with E-state index in [1.165, 1.54) is 0 Å². The number of benzene rings is 2. The first-order valence-electron chi connectivity index (χ1n) is 7.34. The lowest BCUT2D eigenvalue weighted by atomic mass is 10.1. The van der Waals surface area contributed by atoms with Gasteiger partial charge < -0.3 is 5.32 Å². The first-order chi connectivity index (χ1) is 11.5. The van der Waals surface area contributed by atoms with Gasteiger partial charge in [-0.3, -0.25) is 9.89 Å². The van der Waals surface area contributed by atoms with Crippen molar-refractivity contribution in [1.29, 1.82) is 0 Å². The van der Waals surface area contributed by atoms with E-state index >= 15 is 0 Å². The number of carbonyl (C=O) groups excluding carboxylic acids is 1. The van der Waals surface area contributed by atoms with Crippen LogP contribution in [-0.2, 0) is 0 Å². The third kappa shape index (κ3) is 3.30. The number of aromatic amines is 1. The fraction of sp³-hybridized carbons (Fsp3) is 0.111. The average molecular weight is 360 g/mol. The number of carbonyl (C=O) groups is 1. The molecule has 1 amide bonds. The highest BCUT2D eigenvalue weighted by molar-refractivity contribution is 6.42. The van der Waals surface area contributed by atoms with Crippen LogP contribution in [0.15, 0.2) is 42.5 Å². The Balaban J connectivity index is 1.85. The number of para-hydroxylation sites is 1. The van der Waals surface area contributed by atoms with Crippen molar-refractivity contribution < 1.29 is 4.79 Å². The van der Waals surface area contributed by atoms with Gasteiger partial charge in [-0.05, 0) is 43.2 Å². The highest BCUT2D eigenvalue weighted by Gasteiger charge is 2.14. The van der Waals surface area contributed by atoms with Crippen LogP contribution in [0.25, 0.3) is 11.3 Å². The highest BCUT2D eigenvalue weighted by atomic mass is 35.5. The first kappa shape index (κ1) is 16.6. The minimum absolute atomic E-state index is 0.244. The normalized spacial score (nSPS) is 10.7. The van der Waals surface area contributed by atoms with Crippen LogP contribution >= 0.6 is 23.2 Å². The van der Waals surface area contributed by atoms with Gasteiger partial charge in [0.1, 0.15) is 5.69 Å². The third-order valence-corrected chi connectivity index (χ3v) is 4.50. The lowest BCUT2D eigenvalue weighted by Crippen LogP contribution is -2.14. The van der Waals surface area contributed by atoms with Crippen molar-refractivity contribution in [3.05, 3.63) is 69.3 Å². The van der Waals surface area contributed by atoms with E-state index in [1.807, 2.05) is 32.0 Å². The number of H-pyrrole nitrogens is 1. The quantitative estimate of drug-likeness (QED) is 0.670. The molecule has 2 aromatic carbocycles. The molecule has 3 rings (SSSR count). The Morgan fingerprint density at radius 1 is 1.04 bits per heavy atom. The second kappa shape index (κ2) is 6.67. The van der Waals surface area contributed by atoms with Gasteiger partial charge in [-0.1, -0.05) is 47.5 Å². The van der Waals surface area contributed by atoms with E-state index in [1.54, 1.807) is 24.3 Å². The molecule has 0 spiro atoms. The number of hydrogen-bond acceptors (Lipinski definition) is 2.